The van der Waals surface area contributed by atoms with Crippen molar-refractivity contribution in [3.63, 3.8) is 0 Å². The van der Waals surface area contributed by atoms with E-state index in [1.807, 2.05) is 30.3 Å². The van der Waals surface area contributed by atoms with Gasteiger partial charge >= 0.3 is 6.18 Å². The first-order chi connectivity index (χ1) is 13.3. The number of rotatable bonds is 6. The van der Waals surface area contributed by atoms with Crippen LogP contribution < -0.4 is 10.6 Å². The van der Waals surface area contributed by atoms with Crippen LogP contribution in [-0.4, -0.2) is 12.5 Å². The van der Waals surface area contributed by atoms with Gasteiger partial charge in [-0.05, 0) is 35.9 Å². The van der Waals surface area contributed by atoms with Crippen LogP contribution in [0.25, 0.3) is 0 Å². The molecule has 0 aliphatic heterocycles. The van der Waals surface area contributed by atoms with E-state index < -0.39 is 22.7 Å². The monoisotopic (exact) mass is 408 g/mol. The minimum absolute atomic E-state index is 0.0118. The molecule has 0 fully saturated rings. The Bertz CT molecular complexity index is 928. The highest BCUT2D eigenvalue weighted by molar-refractivity contribution is 6.31. The van der Waals surface area contributed by atoms with Gasteiger partial charge < -0.3 is 9.73 Å². The Balaban J connectivity index is 1.69. The van der Waals surface area contributed by atoms with E-state index in [1.165, 1.54) is 12.3 Å². The maximum Gasteiger partial charge on any atom is 0.417 e. The number of carbonyl (C=O) groups is 1. The highest BCUT2D eigenvalue weighted by Crippen LogP contribution is 2.36. The first kappa shape index (κ1) is 20.0. The standard InChI is InChI=1S/C20H16ClF3N2O2/c21-16-9-8-14(11-15(16)20(22,23)24)26-18(27)12-25-19(17-7-4-10-28-17)13-5-2-1-3-6-13/h1-11,19,25H,12H2,(H,26,27)/t19-/m0/s1. The topological polar surface area (TPSA) is 54.3 Å². The Kier molecular flexibility index (Phi) is 6.06. The molecular formula is C20H16ClF3N2O2. The lowest BCUT2D eigenvalue weighted by Crippen LogP contribution is -2.31. The van der Waals surface area contributed by atoms with E-state index in [9.17, 15) is 18.0 Å². The number of amides is 1. The van der Waals surface area contributed by atoms with Gasteiger partial charge in [-0.15, -0.1) is 0 Å². The second kappa shape index (κ2) is 8.50. The van der Waals surface area contributed by atoms with Crippen LogP contribution in [0.15, 0.2) is 71.3 Å². The normalized spacial score (nSPS) is 12.6. The summed E-state index contributed by atoms with van der Waals surface area (Å²) in [5.41, 5.74) is -0.105. The average molecular weight is 409 g/mol. The highest BCUT2D eigenvalue weighted by atomic mass is 35.5. The number of benzene rings is 2. The molecule has 28 heavy (non-hydrogen) atoms. The van der Waals surface area contributed by atoms with Crippen LogP contribution in [-0.2, 0) is 11.0 Å². The van der Waals surface area contributed by atoms with E-state index in [1.54, 1.807) is 12.1 Å². The van der Waals surface area contributed by atoms with Gasteiger partial charge in [0.2, 0.25) is 5.91 Å². The number of halogens is 4. The average Bonchev–Trinajstić information content (AvgIpc) is 3.18. The van der Waals surface area contributed by atoms with Gasteiger partial charge in [-0.1, -0.05) is 41.9 Å². The molecule has 3 rings (SSSR count). The molecule has 1 amide bonds. The van der Waals surface area contributed by atoms with Crippen LogP contribution in [0.5, 0.6) is 0 Å². The van der Waals surface area contributed by atoms with E-state index in [2.05, 4.69) is 10.6 Å². The molecule has 4 nitrogen and oxygen atoms in total. The van der Waals surface area contributed by atoms with Crippen molar-refractivity contribution < 1.29 is 22.4 Å². The van der Waals surface area contributed by atoms with E-state index in [0.717, 1.165) is 17.7 Å². The molecule has 1 atom stereocenters. The third kappa shape index (κ3) is 4.94. The Labute approximate surface area is 164 Å². The maximum atomic E-state index is 12.9. The molecule has 0 radical (unpaired) electrons. The van der Waals surface area contributed by atoms with Crippen LogP contribution in [0.4, 0.5) is 18.9 Å². The number of alkyl halides is 3. The quantitative estimate of drug-likeness (QED) is 0.584. The Morgan fingerprint density at radius 3 is 2.46 bits per heavy atom. The zero-order valence-corrected chi connectivity index (χ0v) is 15.2. The lowest BCUT2D eigenvalue weighted by molar-refractivity contribution is -0.137. The van der Waals surface area contributed by atoms with Gasteiger partial charge in [-0.25, -0.2) is 0 Å². The van der Waals surface area contributed by atoms with Gasteiger partial charge in [-0.3, -0.25) is 10.1 Å². The number of furan rings is 1. The first-order valence-electron chi connectivity index (χ1n) is 8.33. The van der Waals surface area contributed by atoms with Crippen molar-refractivity contribution in [1.82, 2.24) is 5.32 Å². The van der Waals surface area contributed by atoms with Gasteiger partial charge in [0.25, 0.3) is 0 Å². The number of anilines is 1. The fourth-order valence-electron chi connectivity index (χ4n) is 2.70. The van der Waals surface area contributed by atoms with Crippen molar-refractivity contribution in [1.29, 1.82) is 0 Å². The van der Waals surface area contributed by atoms with Crippen molar-refractivity contribution in [3.8, 4) is 0 Å². The van der Waals surface area contributed by atoms with Crippen molar-refractivity contribution in [2.45, 2.75) is 12.2 Å². The van der Waals surface area contributed by atoms with Crippen LogP contribution in [0, 0.1) is 0 Å². The zero-order chi connectivity index (χ0) is 20.1. The van der Waals surface area contributed by atoms with Gasteiger partial charge in [0, 0.05) is 5.69 Å². The molecule has 0 aliphatic rings. The fourth-order valence-corrected chi connectivity index (χ4v) is 2.93. The number of nitrogens with one attached hydrogen (secondary N) is 2. The summed E-state index contributed by atoms with van der Waals surface area (Å²) >= 11 is 5.59. The van der Waals surface area contributed by atoms with E-state index in [4.69, 9.17) is 16.0 Å². The van der Waals surface area contributed by atoms with Crippen LogP contribution in [0.1, 0.15) is 22.9 Å². The first-order valence-corrected chi connectivity index (χ1v) is 8.71. The molecule has 3 aromatic rings. The number of hydrogen-bond acceptors (Lipinski definition) is 3. The molecule has 0 spiro atoms. The second-order valence-corrected chi connectivity index (χ2v) is 6.39. The Hall–Kier alpha value is -2.77. The van der Waals surface area contributed by atoms with Gasteiger partial charge in [-0.2, -0.15) is 13.2 Å². The SMILES string of the molecule is O=C(CN[C@@H](c1ccccc1)c1ccco1)Nc1ccc(Cl)c(C(F)(F)F)c1. The third-order valence-electron chi connectivity index (χ3n) is 3.98. The molecule has 0 saturated heterocycles. The summed E-state index contributed by atoms with van der Waals surface area (Å²) in [7, 11) is 0. The van der Waals surface area contributed by atoms with Gasteiger partial charge in [0.1, 0.15) is 5.76 Å². The van der Waals surface area contributed by atoms with Crippen molar-refractivity contribution >= 4 is 23.2 Å². The highest BCUT2D eigenvalue weighted by Gasteiger charge is 2.33. The number of hydrogen-bond donors (Lipinski definition) is 2. The van der Waals surface area contributed by atoms with E-state index >= 15 is 0 Å². The molecule has 0 bridgehead atoms. The van der Waals surface area contributed by atoms with Gasteiger partial charge in [0.15, 0.2) is 0 Å². The predicted molar refractivity (Wildman–Crippen MR) is 100 cm³/mol. The summed E-state index contributed by atoms with van der Waals surface area (Å²) in [6.45, 7) is -0.135. The van der Waals surface area contributed by atoms with Crippen molar-refractivity contribution in [2.24, 2.45) is 0 Å². The summed E-state index contributed by atoms with van der Waals surface area (Å²) < 4.78 is 44.3. The molecule has 2 aromatic carbocycles. The summed E-state index contributed by atoms with van der Waals surface area (Å²) in [6, 6.07) is 15.7. The van der Waals surface area contributed by atoms with Crippen molar-refractivity contribution in [2.75, 3.05) is 11.9 Å². The molecule has 146 valence electrons. The molecule has 0 saturated carbocycles. The largest absolute Gasteiger partial charge is 0.467 e. The van der Waals surface area contributed by atoms with E-state index in [0.29, 0.717) is 5.76 Å². The molecular weight excluding hydrogens is 393 g/mol. The molecule has 1 heterocycles. The lowest BCUT2D eigenvalue weighted by atomic mass is 10.0. The zero-order valence-electron chi connectivity index (χ0n) is 14.5. The molecule has 0 unspecified atom stereocenters. The minimum atomic E-state index is -4.60. The molecule has 0 aliphatic carbocycles. The second-order valence-electron chi connectivity index (χ2n) is 5.98. The Morgan fingerprint density at radius 2 is 1.82 bits per heavy atom. The van der Waals surface area contributed by atoms with Crippen molar-refractivity contribution in [3.05, 3.63) is 88.8 Å². The Morgan fingerprint density at radius 1 is 1.07 bits per heavy atom. The lowest BCUT2D eigenvalue weighted by Gasteiger charge is -2.17. The third-order valence-corrected chi connectivity index (χ3v) is 4.31. The molecule has 1 aromatic heterocycles. The fraction of sp³-hybridized carbons (Fsp3) is 0.150. The van der Waals surface area contributed by atoms with Crippen LogP contribution in [0.2, 0.25) is 5.02 Å². The molecule has 2 N–H and O–H groups in total. The smallest absolute Gasteiger partial charge is 0.417 e. The number of carbonyl (C=O) groups excluding carboxylic acids is 1. The van der Waals surface area contributed by atoms with Crippen LogP contribution >= 0.6 is 11.6 Å². The van der Waals surface area contributed by atoms with Crippen LogP contribution in [0.3, 0.4) is 0 Å². The summed E-state index contributed by atoms with van der Waals surface area (Å²) in [5, 5.41) is 5.08. The van der Waals surface area contributed by atoms with E-state index in [-0.39, 0.29) is 18.3 Å². The maximum absolute atomic E-state index is 12.9. The summed E-state index contributed by atoms with van der Waals surface area (Å²) in [6.07, 6.45) is -3.08. The summed E-state index contributed by atoms with van der Waals surface area (Å²) in [5.74, 6) is 0.118. The van der Waals surface area contributed by atoms with Gasteiger partial charge in [0.05, 0.1) is 29.4 Å². The molecule has 8 heteroatoms. The predicted octanol–water partition coefficient (Wildman–Crippen LogP) is 5.27. The summed E-state index contributed by atoms with van der Waals surface area (Å²) in [4.78, 5) is 12.2. The minimum Gasteiger partial charge on any atom is -0.467 e.